The van der Waals surface area contributed by atoms with E-state index in [0.29, 0.717) is 13.2 Å². The van der Waals surface area contributed by atoms with Crippen molar-refractivity contribution in [3.05, 3.63) is 11.8 Å². The van der Waals surface area contributed by atoms with Crippen LogP contribution in [0.15, 0.2) is 11.8 Å². The van der Waals surface area contributed by atoms with E-state index in [9.17, 15) is 4.21 Å². The maximum Gasteiger partial charge on any atom is 0.122 e. The van der Waals surface area contributed by atoms with Gasteiger partial charge in [-0.25, -0.2) is 4.21 Å². The summed E-state index contributed by atoms with van der Waals surface area (Å²) in [7, 11) is -1.01. The predicted molar refractivity (Wildman–Crippen MR) is 49.9 cm³/mol. The standard InChI is InChI=1S/C8H15NO2S/c1-8(2,3)12(10)9-4-7-5-11-6-7/h4,9H,5-6H2,1-3H3. The van der Waals surface area contributed by atoms with Gasteiger partial charge in [-0.3, -0.25) is 0 Å². The smallest absolute Gasteiger partial charge is 0.122 e. The van der Waals surface area contributed by atoms with Gasteiger partial charge in [0.25, 0.3) is 0 Å². The Morgan fingerprint density at radius 1 is 1.50 bits per heavy atom. The lowest BCUT2D eigenvalue weighted by Crippen LogP contribution is -2.31. The maximum absolute atomic E-state index is 11.4. The van der Waals surface area contributed by atoms with Gasteiger partial charge < -0.3 is 9.46 Å². The molecular formula is C8H15NO2S. The molecule has 1 rings (SSSR count). The Morgan fingerprint density at radius 2 is 2.08 bits per heavy atom. The maximum atomic E-state index is 11.4. The van der Waals surface area contributed by atoms with Crippen molar-refractivity contribution in [2.24, 2.45) is 0 Å². The van der Waals surface area contributed by atoms with Crippen molar-refractivity contribution >= 4 is 11.0 Å². The van der Waals surface area contributed by atoms with Crippen LogP contribution in [0.2, 0.25) is 0 Å². The SMILES string of the molecule is CC(C)(C)S(=O)NC=C1COC1. The van der Waals surface area contributed by atoms with Crippen molar-refractivity contribution in [1.29, 1.82) is 0 Å². The van der Waals surface area contributed by atoms with Crippen LogP contribution in [0.25, 0.3) is 0 Å². The van der Waals surface area contributed by atoms with Crippen LogP contribution < -0.4 is 4.72 Å². The Morgan fingerprint density at radius 3 is 2.42 bits per heavy atom. The van der Waals surface area contributed by atoms with Crippen LogP contribution in [0.5, 0.6) is 0 Å². The monoisotopic (exact) mass is 189 g/mol. The Balaban J connectivity index is 2.36. The summed E-state index contributed by atoms with van der Waals surface area (Å²) >= 11 is 0. The first-order valence-electron chi connectivity index (χ1n) is 3.94. The minimum absolute atomic E-state index is 0.207. The highest BCUT2D eigenvalue weighted by Gasteiger charge is 2.19. The van der Waals surface area contributed by atoms with E-state index in [1.54, 1.807) is 6.20 Å². The molecule has 0 amide bonds. The molecular weight excluding hydrogens is 174 g/mol. The second-order valence-electron chi connectivity index (χ2n) is 3.79. The topological polar surface area (TPSA) is 38.3 Å². The first-order chi connectivity index (χ1) is 5.50. The summed E-state index contributed by atoms with van der Waals surface area (Å²) in [4.78, 5) is 0. The summed E-state index contributed by atoms with van der Waals surface area (Å²) in [5.74, 6) is 0. The molecule has 1 unspecified atom stereocenters. The molecule has 1 heterocycles. The van der Waals surface area contributed by atoms with E-state index >= 15 is 0 Å². The van der Waals surface area contributed by atoms with Crippen LogP contribution in [0.3, 0.4) is 0 Å². The van der Waals surface area contributed by atoms with Gasteiger partial charge in [0.15, 0.2) is 0 Å². The minimum atomic E-state index is -1.01. The first kappa shape index (κ1) is 9.74. The zero-order chi connectivity index (χ0) is 9.19. The van der Waals surface area contributed by atoms with E-state index in [0.717, 1.165) is 0 Å². The molecule has 0 aromatic heterocycles. The summed E-state index contributed by atoms with van der Waals surface area (Å²) in [6, 6.07) is 0. The van der Waals surface area contributed by atoms with Gasteiger partial charge in [-0.05, 0) is 26.3 Å². The highest BCUT2D eigenvalue weighted by Crippen LogP contribution is 2.10. The number of hydrogen-bond donors (Lipinski definition) is 1. The normalized spacial score (nSPS) is 19.8. The van der Waals surface area contributed by atoms with Gasteiger partial charge in [0.1, 0.15) is 11.0 Å². The Bertz CT molecular complexity index is 212. The molecule has 0 radical (unpaired) electrons. The average Bonchev–Trinajstić information content (AvgIpc) is 1.81. The first-order valence-corrected chi connectivity index (χ1v) is 5.09. The van der Waals surface area contributed by atoms with Gasteiger partial charge >= 0.3 is 0 Å². The highest BCUT2D eigenvalue weighted by molar-refractivity contribution is 7.84. The Hall–Kier alpha value is -0.350. The molecule has 1 fully saturated rings. The second-order valence-corrected chi connectivity index (χ2v) is 5.79. The fourth-order valence-corrected chi connectivity index (χ4v) is 1.24. The molecule has 1 atom stereocenters. The molecule has 1 N–H and O–H groups in total. The van der Waals surface area contributed by atoms with Gasteiger partial charge in [-0.2, -0.15) is 0 Å². The minimum Gasteiger partial charge on any atom is -0.372 e. The lowest BCUT2D eigenvalue weighted by molar-refractivity contribution is 0.102. The van der Waals surface area contributed by atoms with Crippen LogP contribution in [0, 0.1) is 0 Å². The zero-order valence-corrected chi connectivity index (χ0v) is 8.53. The molecule has 0 aliphatic carbocycles. The summed E-state index contributed by atoms with van der Waals surface area (Å²) < 4.78 is 19.0. The molecule has 3 nitrogen and oxygen atoms in total. The quantitative estimate of drug-likeness (QED) is 0.702. The summed E-state index contributed by atoms with van der Waals surface area (Å²) in [6.07, 6.45) is 1.80. The van der Waals surface area contributed by atoms with Crippen molar-refractivity contribution in [3.63, 3.8) is 0 Å². The van der Waals surface area contributed by atoms with Crippen LogP contribution in [-0.2, 0) is 15.7 Å². The third-order valence-electron chi connectivity index (χ3n) is 1.50. The van der Waals surface area contributed by atoms with E-state index in [4.69, 9.17) is 4.74 Å². The van der Waals surface area contributed by atoms with Gasteiger partial charge in [0.05, 0.1) is 18.0 Å². The van der Waals surface area contributed by atoms with Gasteiger partial charge in [0.2, 0.25) is 0 Å². The van der Waals surface area contributed by atoms with E-state index in [1.807, 2.05) is 20.8 Å². The molecule has 4 heteroatoms. The summed E-state index contributed by atoms with van der Waals surface area (Å²) in [5, 5.41) is 0. The molecule has 12 heavy (non-hydrogen) atoms. The molecule has 0 aromatic rings. The third kappa shape index (κ3) is 2.60. The van der Waals surface area contributed by atoms with Gasteiger partial charge in [-0.15, -0.1) is 0 Å². The van der Waals surface area contributed by atoms with E-state index < -0.39 is 11.0 Å². The van der Waals surface area contributed by atoms with Crippen molar-refractivity contribution in [2.75, 3.05) is 13.2 Å². The van der Waals surface area contributed by atoms with Crippen molar-refractivity contribution in [2.45, 2.75) is 25.5 Å². The fraction of sp³-hybridized carbons (Fsp3) is 0.750. The number of rotatable bonds is 2. The molecule has 0 aromatic carbocycles. The van der Waals surface area contributed by atoms with E-state index in [-0.39, 0.29) is 4.75 Å². The molecule has 1 aliphatic heterocycles. The Kier molecular flexibility index (Phi) is 2.90. The summed E-state index contributed by atoms with van der Waals surface area (Å²) in [5.41, 5.74) is 1.17. The molecule has 0 bridgehead atoms. The van der Waals surface area contributed by atoms with Crippen molar-refractivity contribution in [3.8, 4) is 0 Å². The molecule has 70 valence electrons. The molecule has 1 aliphatic rings. The molecule has 1 saturated heterocycles. The van der Waals surface area contributed by atoms with Crippen molar-refractivity contribution in [1.82, 2.24) is 4.72 Å². The van der Waals surface area contributed by atoms with Crippen LogP contribution in [0.4, 0.5) is 0 Å². The van der Waals surface area contributed by atoms with Crippen LogP contribution in [0.1, 0.15) is 20.8 Å². The predicted octanol–water partition coefficient (Wildman–Crippen LogP) is 0.952. The molecule has 0 saturated carbocycles. The van der Waals surface area contributed by atoms with Crippen molar-refractivity contribution < 1.29 is 8.95 Å². The molecule has 0 spiro atoms. The Labute approximate surface area is 75.8 Å². The number of ether oxygens (including phenoxy) is 1. The van der Waals surface area contributed by atoms with E-state index in [2.05, 4.69) is 4.72 Å². The lowest BCUT2D eigenvalue weighted by atomic mass is 10.3. The number of nitrogens with one attached hydrogen (secondary N) is 1. The third-order valence-corrected chi connectivity index (χ3v) is 2.95. The summed E-state index contributed by atoms with van der Waals surface area (Å²) in [6.45, 7) is 7.16. The zero-order valence-electron chi connectivity index (χ0n) is 7.72. The second kappa shape index (κ2) is 3.58. The largest absolute Gasteiger partial charge is 0.372 e. The van der Waals surface area contributed by atoms with Crippen LogP contribution >= 0.6 is 0 Å². The van der Waals surface area contributed by atoms with Gasteiger partial charge in [0, 0.05) is 6.20 Å². The van der Waals surface area contributed by atoms with Crippen LogP contribution in [-0.4, -0.2) is 22.2 Å². The number of hydrogen-bond acceptors (Lipinski definition) is 2. The van der Waals surface area contributed by atoms with Gasteiger partial charge in [-0.1, -0.05) is 0 Å². The van der Waals surface area contributed by atoms with E-state index in [1.165, 1.54) is 5.57 Å². The fourth-order valence-electron chi connectivity index (χ4n) is 0.617. The highest BCUT2D eigenvalue weighted by atomic mass is 32.2. The lowest BCUT2D eigenvalue weighted by Gasteiger charge is -2.20. The average molecular weight is 189 g/mol.